The average molecular weight is 829 g/mol. The largest absolute Gasteiger partial charge is 0.354 e. The monoisotopic (exact) mass is 828 g/mol. The number of rotatable bonds is 18. The van der Waals surface area contributed by atoms with Crippen LogP contribution in [-0.4, -0.2) is 63.2 Å². The van der Waals surface area contributed by atoms with E-state index in [-0.39, 0.29) is 43.6 Å². The highest BCUT2D eigenvalue weighted by molar-refractivity contribution is 7.89. The second-order valence-electron chi connectivity index (χ2n) is 15.3. The van der Waals surface area contributed by atoms with Crippen LogP contribution < -0.4 is 10.6 Å². The van der Waals surface area contributed by atoms with Gasteiger partial charge in [0.25, 0.3) is 0 Å². The van der Waals surface area contributed by atoms with Crippen LogP contribution in [0.5, 0.6) is 0 Å². The Bertz CT molecular complexity index is 2280. The number of hydrogen-bond donors (Lipinski definition) is 2. The molecule has 5 rings (SSSR count). The van der Waals surface area contributed by atoms with Gasteiger partial charge in [-0.2, -0.15) is 8.61 Å². The van der Waals surface area contributed by atoms with Gasteiger partial charge in [-0.05, 0) is 112 Å². The molecule has 0 bridgehead atoms. The maximum atomic E-state index is 14.6. The molecule has 2 N–H and O–H groups in total. The molecule has 4 aromatic carbocycles. The standard InChI is InChI=1S/C46H60N4O6S2/c1-11-23-49(24-12-2)57(53,54)45-31(9)27-29(7)41(33(45)15-5)47-37-21-22-38(40-39(37)43(51)35-19-17-18-20-36(35)44(40)52)48-42-30(8)28-32(10)46(34(42)16-6)58(55,56)50(25-13-3)26-14-4/h17-22,27-28,47-48H,11-16,23-26H2,1-10H3. The van der Waals surface area contributed by atoms with Crippen molar-refractivity contribution in [3.63, 3.8) is 0 Å². The summed E-state index contributed by atoms with van der Waals surface area (Å²) < 4.78 is 60.5. The molecule has 0 fully saturated rings. The molecule has 0 radical (unpaired) electrons. The summed E-state index contributed by atoms with van der Waals surface area (Å²) in [5.41, 5.74) is 6.85. The van der Waals surface area contributed by atoms with Crippen LogP contribution in [0.15, 0.2) is 58.3 Å². The summed E-state index contributed by atoms with van der Waals surface area (Å²) in [6, 6.07) is 13.9. The van der Waals surface area contributed by atoms with Crippen molar-refractivity contribution in [2.45, 2.75) is 118 Å². The van der Waals surface area contributed by atoms with Gasteiger partial charge in [0, 0.05) is 48.7 Å². The Balaban J connectivity index is 1.75. The van der Waals surface area contributed by atoms with Crippen molar-refractivity contribution in [3.05, 3.63) is 104 Å². The lowest BCUT2D eigenvalue weighted by Gasteiger charge is -2.28. The Kier molecular flexibility index (Phi) is 14.1. The predicted molar refractivity (Wildman–Crippen MR) is 236 cm³/mol. The van der Waals surface area contributed by atoms with Gasteiger partial charge in [0.05, 0.1) is 32.3 Å². The molecule has 0 aromatic heterocycles. The number of sulfonamides is 2. The van der Waals surface area contributed by atoms with Gasteiger partial charge in [-0.3, -0.25) is 9.59 Å². The Hall–Kier alpha value is -4.36. The summed E-state index contributed by atoms with van der Waals surface area (Å²) in [5, 5.41) is 6.95. The summed E-state index contributed by atoms with van der Waals surface area (Å²) >= 11 is 0. The van der Waals surface area contributed by atoms with Crippen LogP contribution in [0.2, 0.25) is 0 Å². The zero-order chi connectivity index (χ0) is 42.7. The lowest BCUT2D eigenvalue weighted by atomic mass is 9.82. The first-order valence-electron chi connectivity index (χ1n) is 20.7. The SMILES string of the molecule is CCCN(CCC)S(=O)(=O)c1c(C)cc(C)c(Nc2ccc(Nc3c(C)cc(C)c(S(=O)(=O)N(CCC)CCC)c3CC)c3c2C(=O)c2ccccc2C3=O)c1CC. The van der Waals surface area contributed by atoms with Crippen molar-refractivity contribution < 1.29 is 26.4 Å². The smallest absolute Gasteiger partial charge is 0.243 e. The molecule has 4 aromatic rings. The van der Waals surface area contributed by atoms with E-state index in [0.717, 1.165) is 11.1 Å². The zero-order valence-corrected chi connectivity index (χ0v) is 37.5. The number of aryl methyl sites for hydroxylation is 4. The van der Waals surface area contributed by atoms with E-state index in [1.54, 1.807) is 45.0 Å². The first-order valence-corrected chi connectivity index (χ1v) is 23.6. The van der Waals surface area contributed by atoms with Crippen molar-refractivity contribution >= 4 is 54.4 Å². The summed E-state index contributed by atoms with van der Waals surface area (Å²) in [4.78, 5) is 29.8. The van der Waals surface area contributed by atoms with Gasteiger partial charge in [0.15, 0.2) is 11.6 Å². The number of benzene rings is 4. The average Bonchev–Trinajstić information content (AvgIpc) is 3.18. The van der Waals surface area contributed by atoms with Crippen LogP contribution in [0, 0.1) is 27.7 Å². The maximum absolute atomic E-state index is 14.6. The number of hydrogen-bond acceptors (Lipinski definition) is 8. The lowest BCUT2D eigenvalue weighted by molar-refractivity contribution is 0.0980. The first kappa shape index (κ1) is 44.7. The highest BCUT2D eigenvalue weighted by Crippen LogP contribution is 2.43. The fourth-order valence-corrected chi connectivity index (χ4v) is 12.8. The zero-order valence-electron chi connectivity index (χ0n) is 35.9. The molecule has 12 heteroatoms. The molecule has 58 heavy (non-hydrogen) atoms. The minimum atomic E-state index is -3.87. The lowest BCUT2D eigenvalue weighted by Crippen LogP contribution is -2.34. The van der Waals surface area contributed by atoms with Gasteiger partial charge < -0.3 is 10.6 Å². The Morgan fingerprint density at radius 1 is 0.500 bits per heavy atom. The maximum Gasteiger partial charge on any atom is 0.243 e. The normalized spacial score (nSPS) is 13.0. The van der Waals surface area contributed by atoms with Crippen LogP contribution in [-0.2, 0) is 32.9 Å². The molecular weight excluding hydrogens is 769 g/mol. The molecule has 0 amide bonds. The minimum absolute atomic E-state index is 0.159. The second-order valence-corrected chi connectivity index (χ2v) is 19.0. The van der Waals surface area contributed by atoms with E-state index in [4.69, 9.17) is 0 Å². The predicted octanol–water partition coefficient (Wildman–Crippen LogP) is 9.93. The minimum Gasteiger partial charge on any atom is -0.354 e. The van der Waals surface area contributed by atoms with E-state index >= 15 is 0 Å². The Labute approximate surface area is 346 Å². The molecule has 0 atom stereocenters. The van der Waals surface area contributed by atoms with Crippen LogP contribution in [0.1, 0.15) is 132 Å². The fourth-order valence-electron chi connectivity index (χ4n) is 8.51. The van der Waals surface area contributed by atoms with Crippen LogP contribution >= 0.6 is 0 Å². The molecule has 0 saturated heterocycles. The molecule has 0 saturated carbocycles. The van der Waals surface area contributed by atoms with E-state index in [1.165, 1.54) is 0 Å². The quantitative estimate of drug-likeness (QED) is 0.0892. The third kappa shape index (κ3) is 8.13. The molecule has 10 nitrogen and oxygen atoms in total. The number of carbonyl (C=O) groups excluding carboxylic acids is 2. The van der Waals surface area contributed by atoms with E-state index in [9.17, 15) is 26.4 Å². The number of carbonyl (C=O) groups is 2. The van der Waals surface area contributed by atoms with Crippen molar-refractivity contribution in [1.82, 2.24) is 8.61 Å². The van der Waals surface area contributed by atoms with Crippen molar-refractivity contribution in [2.24, 2.45) is 0 Å². The first-order chi connectivity index (χ1) is 27.5. The number of ketones is 2. The highest BCUT2D eigenvalue weighted by Gasteiger charge is 2.36. The molecule has 312 valence electrons. The topological polar surface area (TPSA) is 133 Å². The van der Waals surface area contributed by atoms with Gasteiger partial charge >= 0.3 is 0 Å². The van der Waals surface area contributed by atoms with Crippen molar-refractivity contribution in [2.75, 3.05) is 36.8 Å². The molecular formula is C46H60N4O6S2. The van der Waals surface area contributed by atoms with Gasteiger partial charge in [-0.15, -0.1) is 0 Å². The van der Waals surface area contributed by atoms with E-state index < -0.39 is 20.0 Å². The summed E-state index contributed by atoms with van der Waals surface area (Å²) in [5.74, 6) is -0.697. The van der Waals surface area contributed by atoms with Crippen LogP contribution in [0.4, 0.5) is 22.7 Å². The molecule has 0 spiro atoms. The fraction of sp³-hybridized carbons (Fsp3) is 0.435. The highest BCUT2D eigenvalue weighted by atomic mass is 32.2. The number of anilines is 4. The van der Waals surface area contributed by atoms with E-state index in [2.05, 4.69) is 10.6 Å². The van der Waals surface area contributed by atoms with E-state index in [0.29, 0.717) is 110 Å². The Morgan fingerprint density at radius 2 is 0.828 bits per heavy atom. The molecule has 1 aliphatic rings. The number of fused-ring (bicyclic) bond motifs is 2. The Morgan fingerprint density at radius 3 is 1.12 bits per heavy atom. The molecule has 0 aliphatic heterocycles. The molecule has 0 unspecified atom stereocenters. The van der Waals surface area contributed by atoms with Gasteiger partial charge in [0.2, 0.25) is 20.0 Å². The van der Waals surface area contributed by atoms with Gasteiger partial charge in [-0.1, -0.05) is 77.9 Å². The summed E-state index contributed by atoms with van der Waals surface area (Å²) in [6.07, 6.45) is 3.50. The number of nitrogens with one attached hydrogen (secondary N) is 2. The van der Waals surface area contributed by atoms with Gasteiger partial charge in [0.1, 0.15) is 0 Å². The summed E-state index contributed by atoms with van der Waals surface area (Å²) in [7, 11) is -7.74. The van der Waals surface area contributed by atoms with Crippen molar-refractivity contribution in [3.8, 4) is 0 Å². The molecule has 0 heterocycles. The van der Waals surface area contributed by atoms with Crippen molar-refractivity contribution in [1.29, 1.82) is 0 Å². The second kappa shape index (κ2) is 18.3. The van der Waals surface area contributed by atoms with Crippen LogP contribution in [0.3, 0.4) is 0 Å². The number of nitrogens with zero attached hydrogens (tertiary/aromatic N) is 2. The van der Waals surface area contributed by atoms with Gasteiger partial charge in [-0.25, -0.2) is 16.8 Å². The third-order valence-electron chi connectivity index (χ3n) is 10.9. The third-order valence-corrected chi connectivity index (χ3v) is 15.2. The molecule has 1 aliphatic carbocycles. The summed E-state index contributed by atoms with van der Waals surface area (Å²) in [6.45, 7) is 20.7. The van der Waals surface area contributed by atoms with Crippen LogP contribution in [0.25, 0.3) is 0 Å². The van der Waals surface area contributed by atoms with E-state index in [1.807, 2.05) is 81.4 Å².